The molecule has 2 N–H and O–H groups in total. The highest BCUT2D eigenvalue weighted by molar-refractivity contribution is 5.76. The van der Waals surface area contributed by atoms with Gasteiger partial charge in [0.1, 0.15) is 12.2 Å². The first-order chi connectivity index (χ1) is 19.1. The topological polar surface area (TPSA) is 93.1 Å². The molecule has 0 bridgehead atoms. The van der Waals surface area contributed by atoms with Crippen molar-refractivity contribution in [3.8, 4) is 0 Å². The number of fused-ring (bicyclic) bond motifs is 7. The summed E-state index contributed by atoms with van der Waals surface area (Å²) in [5.74, 6) is -0.0395. The summed E-state index contributed by atoms with van der Waals surface area (Å²) in [6, 6.07) is 0. The van der Waals surface area contributed by atoms with Crippen LogP contribution in [0.15, 0.2) is 34.9 Å². The second-order valence-corrected chi connectivity index (χ2v) is 15.5. The zero-order valence-corrected chi connectivity index (χ0v) is 26.6. The van der Waals surface area contributed by atoms with Gasteiger partial charge in [0.05, 0.1) is 24.5 Å². The molecule has 5 aliphatic rings. The van der Waals surface area contributed by atoms with Crippen molar-refractivity contribution >= 4 is 11.9 Å². The molecule has 5 rings (SSSR count). The number of rotatable bonds is 5. The molecule has 0 aromatic heterocycles. The minimum Gasteiger partial charge on any atom is -0.469 e. The van der Waals surface area contributed by atoms with Crippen LogP contribution in [0.1, 0.15) is 106 Å². The van der Waals surface area contributed by atoms with Crippen LogP contribution in [-0.4, -0.2) is 48.1 Å². The molecule has 228 valence electrons. The summed E-state index contributed by atoms with van der Waals surface area (Å²) >= 11 is 0. The van der Waals surface area contributed by atoms with Gasteiger partial charge in [-0.15, -0.1) is 0 Å². The lowest BCUT2D eigenvalue weighted by Gasteiger charge is -2.70. The maximum atomic E-state index is 13.0. The Morgan fingerprint density at radius 1 is 0.951 bits per heavy atom. The van der Waals surface area contributed by atoms with Crippen molar-refractivity contribution in [3.05, 3.63) is 34.9 Å². The molecule has 6 heteroatoms. The van der Waals surface area contributed by atoms with E-state index >= 15 is 0 Å². The fourth-order valence-electron chi connectivity index (χ4n) is 10.2. The number of methoxy groups -OCH3 is 1. The number of esters is 2. The highest BCUT2D eigenvalue weighted by atomic mass is 16.6. The second-order valence-electron chi connectivity index (χ2n) is 15.5. The molecule has 0 spiro atoms. The third-order valence-corrected chi connectivity index (χ3v) is 13.2. The van der Waals surface area contributed by atoms with Gasteiger partial charge in [0.15, 0.2) is 0 Å². The highest BCUT2D eigenvalue weighted by Gasteiger charge is 2.68. The number of carbonyl (C=O) groups is 2. The molecule has 0 heterocycles. The molecule has 41 heavy (non-hydrogen) atoms. The zero-order valence-electron chi connectivity index (χ0n) is 26.6. The molecule has 1 unspecified atom stereocenters. The third kappa shape index (κ3) is 4.09. The molecule has 9 atom stereocenters. The number of hydrogen-bond donors (Lipinski definition) is 2. The first kappa shape index (κ1) is 30.5. The molecule has 0 amide bonds. The van der Waals surface area contributed by atoms with Gasteiger partial charge in [-0.25, -0.2) is 0 Å². The lowest BCUT2D eigenvalue weighted by atomic mass is 9.34. The monoisotopic (exact) mass is 568 g/mol. The van der Waals surface area contributed by atoms with E-state index in [1.165, 1.54) is 12.7 Å². The summed E-state index contributed by atoms with van der Waals surface area (Å²) in [5, 5.41) is 22.1. The average Bonchev–Trinajstić information content (AvgIpc) is 2.93. The smallest absolute Gasteiger partial charge is 0.311 e. The fraction of sp³-hybridized carbons (Fsp3) is 0.771. The Balaban J connectivity index is 1.59. The van der Waals surface area contributed by atoms with Gasteiger partial charge in [0, 0.05) is 11.8 Å². The lowest BCUT2D eigenvalue weighted by Crippen LogP contribution is -2.62. The Kier molecular flexibility index (Phi) is 7.30. The van der Waals surface area contributed by atoms with Crippen LogP contribution >= 0.6 is 0 Å². The molecule has 6 nitrogen and oxygen atoms in total. The summed E-state index contributed by atoms with van der Waals surface area (Å²) in [7, 11) is 1.51. The van der Waals surface area contributed by atoms with Gasteiger partial charge in [-0.2, -0.15) is 0 Å². The predicted octanol–water partition coefficient (Wildman–Crippen LogP) is 6.46. The Labute approximate surface area is 246 Å². The van der Waals surface area contributed by atoms with Gasteiger partial charge in [-0.3, -0.25) is 9.59 Å². The molecule has 3 fully saturated rings. The van der Waals surface area contributed by atoms with Crippen LogP contribution in [0.25, 0.3) is 0 Å². The van der Waals surface area contributed by atoms with Gasteiger partial charge in [-0.1, -0.05) is 52.3 Å². The number of carbonyl (C=O) groups excluding carboxylic acids is 2. The SMILES string of the molecule is CCCC(=O)O[C@H]1C(O)C=C2C(=CC=C3[C@@]2(C)CC[C@@]2(C)[C@@H]4C[C@](C)(C(=O)OC)CC[C@]4(C)CC[C@]32C)[C@]1(C)CO. The molecule has 0 saturated heterocycles. The highest BCUT2D eigenvalue weighted by Crippen LogP contribution is 2.76. The van der Waals surface area contributed by atoms with E-state index in [2.05, 4.69) is 46.8 Å². The van der Waals surface area contributed by atoms with Gasteiger partial charge in [0.25, 0.3) is 0 Å². The molecule has 0 aliphatic heterocycles. The van der Waals surface area contributed by atoms with Crippen LogP contribution in [0.3, 0.4) is 0 Å². The van der Waals surface area contributed by atoms with Crippen molar-refractivity contribution in [2.75, 3.05) is 13.7 Å². The van der Waals surface area contributed by atoms with Crippen LogP contribution in [-0.2, 0) is 19.1 Å². The zero-order chi connectivity index (χ0) is 30.2. The maximum Gasteiger partial charge on any atom is 0.311 e. The van der Waals surface area contributed by atoms with E-state index in [4.69, 9.17) is 9.47 Å². The van der Waals surface area contributed by atoms with E-state index in [1.54, 1.807) is 0 Å². The van der Waals surface area contributed by atoms with E-state index in [1.807, 2.05) is 19.9 Å². The van der Waals surface area contributed by atoms with E-state index in [-0.39, 0.29) is 46.6 Å². The van der Waals surface area contributed by atoms with Crippen LogP contribution in [0.5, 0.6) is 0 Å². The molecular weight excluding hydrogens is 516 g/mol. The largest absolute Gasteiger partial charge is 0.469 e. The summed E-state index contributed by atoms with van der Waals surface area (Å²) in [5.41, 5.74) is 1.87. The summed E-state index contributed by atoms with van der Waals surface area (Å²) < 4.78 is 11.1. The van der Waals surface area contributed by atoms with Crippen molar-refractivity contribution in [2.45, 2.75) is 118 Å². The number of aliphatic hydroxyl groups excluding tert-OH is 2. The van der Waals surface area contributed by atoms with Crippen LogP contribution < -0.4 is 0 Å². The summed E-state index contributed by atoms with van der Waals surface area (Å²) in [6.07, 6.45) is 12.4. The van der Waals surface area contributed by atoms with E-state index in [9.17, 15) is 19.8 Å². The maximum absolute atomic E-state index is 13.0. The quantitative estimate of drug-likeness (QED) is 0.370. The van der Waals surface area contributed by atoms with Gasteiger partial charge in [0.2, 0.25) is 0 Å². The average molecular weight is 569 g/mol. The van der Waals surface area contributed by atoms with E-state index in [0.717, 1.165) is 56.1 Å². The Hall–Kier alpha value is -1.92. The molecular formula is C35H52O6. The Bertz CT molecular complexity index is 1210. The van der Waals surface area contributed by atoms with E-state index < -0.39 is 23.0 Å². The molecule has 0 aromatic carbocycles. The van der Waals surface area contributed by atoms with Crippen molar-refractivity contribution in [3.63, 3.8) is 0 Å². The van der Waals surface area contributed by atoms with Crippen molar-refractivity contribution in [1.29, 1.82) is 0 Å². The van der Waals surface area contributed by atoms with Crippen molar-refractivity contribution in [1.82, 2.24) is 0 Å². The molecule has 3 saturated carbocycles. The van der Waals surface area contributed by atoms with Crippen LogP contribution in [0.2, 0.25) is 0 Å². The fourth-order valence-corrected chi connectivity index (χ4v) is 10.2. The third-order valence-electron chi connectivity index (χ3n) is 13.2. The van der Waals surface area contributed by atoms with Gasteiger partial charge in [-0.05, 0) is 105 Å². The minimum absolute atomic E-state index is 0.00126. The normalized spacial score (nSPS) is 46.9. The molecule has 0 radical (unpaired) electrons. The van der Waals surface area contributed by atoms with Crippen LogP contribution in [0.4, 0.5) is 0 Å². The standard InChI is InChI=1S/C35H52O6/c1-9-10-27(38)41-28-24(37)19-23-22(33(28,5)21-36)11-12-25-32(23,4)16-18-35(7)26-20-31(3,29(39)40-8)14-13-30(26,2)15-17-34(25,35)6/h11-12,19,24,26,28,36-37H,9-10,13-18,20-21H2,1-8H3/t24?,26-,28+,30-,31-,32+,33+,34-,35+/m1/s1. The van der Waals surface area contributed by atoms with Gasteiger partial charge < -0.3 is 19.7 Å². The van der Waals surface area contributed by atoms with E-state index in [0.29, 0.717) is 12.3 Å². The lowest BCUT2D eigenvalue weighted by molar-refractivity contribution is -0.181. The van der Waals surface area contributed by atoms with Crippen molar-refractivity contribution in [2.24, 2.45) is 38.4 Å². The van der Waals surface area contributed by atoms with Crippen LogP contribution in [0, 0.1) is 38.4 Å². The summed E-state index contributed by atoms with van der Waals surface area (Å²) in [6.45, 7) is 15.4. The predicted molar refractivity (Wildman–Crippen MR) is 159 cm³/mol. The minimum atomic E-state index is -0.994. The number of aliphatic hydroxyl groups is 2. The Morgan fingerprint density at radius 2 is 1.63 bits per heavy atom. The van der Waals surface area contributed by atoms with Crippen molar-refractivity contribution < 1.29 is 29.3 Å². The number of ether oxygens (including phenoxy) is 2. The van der Waals surface area contributed by atoms with Gasteiger partial charge >= 0.3 is 11.9 Å². The number of allylic oxidation sites excluding steroid dienone is 4. The summed E-state index contributed by atoms with van der Waals surface area (Å²) in [4.78, 5) is 25.5. The first-order valence-electron chi connectivity index (χ1n) is 15.8. The second kappa shape index (κ2) is 9.80. The number of hydrogen-bond acceptors (Lipinski definition) is 6. The molecule has 5 aliphatic carbocycles. The first-order valence-corrected chi connectivity index (χ1v) is 15.8. The Morgan fingerprint density at radius 3 is 2.27 bits per heavy atom. The molecule has 0 aromatic rings.